The van der Waals surface area contributed by atoms with Crippen molar-refractivity contribution < 1.29 is 13.6 Å². The molecule has 0 radical (unpaired) electrons. The standard InChI is InChI=1S/C8H13F2NO/c1-5-2-3-6(4-5)11-8(12)7(9)10/h5-7H,2-4H2,1H3,(H,11,12). The maximum Gasteiger partial charge on any atom is 0.315 e. The summed E-state index contributed by atoms with van der Waals surface area (Å²) in [6, 6.07) is -0.0264. The molecule has 0 spiro atoms. The van der Waals surface area contributed by atoms with Crippen LogP contribution in [0.15, 0.2) is 0 Å². The SMILES string of the molecule is CC1CCC(NC(=O)C(F)F)C1. The molecule has 4 heteroatoms. The summed E-state index contributed by atoms with van der Waals surface area (Å²) < 4.78 is 23.5. The molecule has 70 valence electrons. The Balaban J connectivity index is 2.28. The van der Waals surface area contributed by atoms with Crippen molar-refractivity contribution in [1.29, 1.82) is 0 Å². The summed E-state index contributed by atoms with van der Waals surface area (Å²) in [6.07, 6.45) is -0.187. The molecule has 12 heavy (non-hydrogen) atoms. The number of halogens is 2. The molecular weight excluding hydrogens is 164 g/mol. The van der Waals surface area contributed by atoms with Gasteiger partial charge in [-0.2, -0.15) is 8.78 Å². The van der Waals surface area contributed by atoms with Crippen molar-refractivity contribution in [2.45, 2.75) is 38.7 Å². The van der Waals surface area contributed by atoms with Crippen LogP contribution in [0.1, 0.15) is 26.2 Å². The molecule has 2 nitrogen and oxygen atoms in total. The van der Waals surface area contributed by atoms with Crippen molar-refractivity contribution in [2.24, 2.45) is 5.92 Å². The van der Waals surface area contributed by atoms with Crippen molar-refractivity contribution in [2.75, 3.05) is 0 Å². The number of hydrogen-bond acceptors (Lipinski definition) is 1. The highest BCUT2D eigenvalue weighted by Gasteiger charge is 2.25. The fourth-order valence-electron chi connectivity index (χ4n) is 1.60. The van der Waals surface area contributed by atoms with Gasteiger partial charge in [-0.1, -0.05) is 6.92 Å². The molecule has 0 heterocycles. The zero-order valence-electron chi connectivity index (χ0n) is 7.02. The average molecular weight is 177 g/mol. The van der Waals surface area contributed by atoms with Crippen LogP contribution in [0, 0.1) is 5.92 Å². The second kappa shape index (κ2) is 3.83. The van der Waals surface area contributed by atoms with Crippen LogP contribution in [-0.2, 0) is 4.79 Å². The van der Waals surface area contributed by atoms with E-state index in [1.807, 2.05) is 0 Å². The molecule has 0 saturated heterocycles. The first-order chi connectivity index (χ1) is 5.59. The van der Waals surface area contributed by atoms with Gasteiger partial charge in [-0.15, -0.1) is 0 Å². The van der Waals surface area contributed by atoms with E-state index in [-0.39, 0.29) is 6.04 Å². The average Bonchev–Trinajstić information content (AvgIpc) is 2.35. The summed E-state index contributed by atoms with van der Waals surface area (Å²) in [6.45, 7) is 2.06. The molecule has 1 fully saturated rings. The molecule has 0 aromatic heterocycles. The van der Waals surface area contributed by atoms with Gasteiger partial charge in [-0.05, 0) is 25.2 Å². The second-order valence-corrected chi connectivity index (χ2v) is 3.42. The number of carbonyl (C=O) groups excluding carboxylic acids is 1. The van der Waals surface area contributed by atoms with Gasteiger partial charge < -0.3 is 5.32 Å². The molecule has 2 atom stereocenters. The lowest BCUT2D eigenvalue weighted by molar-refractivity contribution is -0.132. The Morgan fingerprint density at radius 1 is 1.50 bits per heavy atom. The summed E-state index contributed by atoms with van der Waals surface area (Å²) >= 11 is 0. The molecule has 1 N–H and O–H groups in total. The maximum absolute atomic E-state index is 11.8. The zero-order chi connectivity index (χ0) is 9.14. The van der Waals surface area contributed by atoms with E-state index in [1.165, 1.54) is 0 Å². The van der Waals surface area contributed by atoms with Gasteiger partial charge in [0.05, 0.1) is 0 Å². The van der Waals surface area contributed by atoms with Crippen LogP contribution in [0.3, 0.4) is 0 Å². The third kappa shape index (κ3) is 2.43. The molecule has 1 saturated carbocycles. The molecule has 2 unspecified atom stereocenters. The Kier molecular flexibility index (Phi) is 3.00. The lowest BCUT2D eigenvalue weighted by Crippen LogP contribution is -2.36. The first-order valence-corrected chi connectivity index (χ1v) is 4.18. The molecule has 1 aliphatic rings. The number of nitrogens with one attached hydrogen (secondary N) is 1. The third-order valence-electron chi connectivity index (χ3n) is 2.24. The first-order valence-electron chi connectivity index (χ1n) is 4.18. The van der Waals surface area contributed by atoms with Crippen LogP contribution < -0.4 is 5.32 Å². The van der Waals surface area contributed by atoms with Crippen LogP contribution in [0.25, 0.3) is 0 Å². The van der Waals surface area contributed by atoms with Gasteiger partial charge in [0.15, 0.2) is 0 Å². The molecule has 1 rings (SSSR count). The van der Waals surface area contributed by atoms with Crippen LogP contribution in [0.2, 0.25) is 0 Å². The van der Waals surface area contributed by atoms with Gasteiger partial charge in [-0.3, -0.25) is 4.79 Å². The van der Waals surface area contributed by atoms with Crippen LogP contribution in [0.4, 0.5) is 8.78 Å². The number of carbonyl (C=O) groups is 1. The fraction of sp³-hybridized carbons (Fsp3) is 0.875. The molecular formula is C8H13F2NO. The van der Waals surface area contributed by atoms with Gasteiger partial charge in [0, 0.05) is 6.04 Å². The number of rotatable bonds is 2. The molecule has 1 amide bonds. The van der Waals surface area contributed by atoms with Crippen molar-refractivity contribution in [3.05, 3.63) is 0 Å². The van der Waals surface area contributed by atoms with Crippen molar-refractivity contribution in [3.63, 3.8) is 0 Å². The lowest BCUT2D eigenvalue weighted by Gasteiger charge is -2.11. The molecule has 0 bridgehead atoms. The van der Waals surface area contributed by atoms with Crippen molar-refractivity contribution in [1.82, 2.24) is 5.32 Å². The van der Waals surface area contributed by atoms with Gasteiger partial charge in [-0.25, -0.2) is 0 Å². The number of amides is 1. The van der Waals surface area contributed by atoms with E-state index in [4.69, 9.17) is 0 Å². The third-order valence-corrected chi connectivity index (χ3v) is 2.24. The highest BCUT2D eigenvalue weighted by Crippen LogP contribution is 2.24. The number of alkyl halides is 2. The second-order valence-electron chi connectivity index (χ2n) is 3.42. The topological polar surface area (TPSA) is 29.1 Å². The molecule has 1 aliphatic carbocycles. The molecule has 0 aromatic carbocycles. The largest absolute Gasteiger partial charge is 0.348 e. The predicted molar refractivity (Wildman–Crippen MR) is 40.9 cm³/mol. The van der Waals surface area contributed by atoms with Gasteiger partial charge in [0.25, 0.3) is 5.91 Å². The lowest BCUT2D eigenvalue weighted by atomic mass is 10.1. The van der Waals surface area contributed by atoms with E-state index in [2.05, 4.69) is 12.2 Å². The smallest absolute Gasteiger partial charge is 0.315 e. The minimum atomic E-state index is -2.87. The predicted octanol–water partition coefficient (Wildman–Crippen LogP) is 1.56. The summed E-state index contributed by atoms with van der Waals surface area (Å²) in [7, 11) is 0. The Labute approximate surface area is 70.3 Å². The summed E-state index contributed by atoms with van der Waals surface area (Å²) in [4.78, 5) is 10.5. The number of hydrogen-bond donors (Lipinski definition) is 1. The van der Waals surface area contributed by atoms with Crippen LogP contribution >= 0.6 is 0 Å². The highest BCUT2D eigenvalue weighted by atomic mass is 19.3. The Bertz CT molecular complexity index is 172. The maximum atomic E-state index is 11.8. The summed E-state index contributed by atoms with van der Waals surface area (Å²) in [5.74, 6) is -0.581. The minimum Gasteiger partial charge on any atom is -0.348 e. The summed E-state index contributed by atoms with van der Waals surface area (Å²) in [5.41, 5.74) is 0. The Morgan fingerprint density at radius 3 is 2.58 bits per heavy atom. The monoisotopic (exact) mass is 177 g/mol. The Hall–Kier alpha value is -0.670. The van der Waals surface area contributed by atoms with Gasteiger partial charge >= 0.3 is 6.43 Å². The fourth-order valence-corrected chi connectivity index (χ4v) is 1.60. The van der Waals surface area contributed by atoms with E-state index in [9.17, 15) is 13.6 Å². The van der Waals surface area contributed by atoms with E-state index < -0.39 is 12.3 Å². The first kappa shape index (κ1) is 9.42. The van der Waals surface area contributed by atoms with Crippen LogP contribution in [0.5, 0.6) is 0 Å². The minimum absolute atomic E-state index is 0.0264. The van der Waals surface area contributed by atoms with Crippen molar-refractivity contribution in [3.8, 4) is 0 Å². The molecule has 0 aromatic rings. The highest BCUT2D eigenvalue weighted by molar-refractivity contribution is 5.79. The van der Waals surface area contributed by atoms with E-state index in [0.717, 1.165) is 19.3 Å². The normalized spacial score (nSPS) is 29.3. The van der Waals surface area contributed by atoms with Crippen molar-refractivity contribution >= 4 is 5.91 Å². The van der Waals surface area contributed by atoms with Gasteiger partial charge in [0.2, 0.25) is 0 Å². The zero-order valence-corrected chi connectivity index (χ0v) is 7.02. The summed E-state index contributed by atoms with van der Waals surface area (Å²) in [5, 5.41) is 2.32. The van der Waals surface area contributed by atoms with E-state index >= 15 is 0 Å². The molecule has 0 aliphatic heterocycles. The van der Waals surface area contributed by atoms with E-state index in [1.54, 1.807) is 0 Å². The quantitative estimate of drug-likeness (QED) is 0.681. The Morgan fingerprint density at radius 2 is 2.17 bits per heavy atom. The van der Waals surface area contributed by atoms with Crippen LogP contribution in [-0.4, -0.2) is 18.4 Å². The van der Waals surface area contributed by atoms with E-state index in [0.29, 0.717) is 5.92 Å². The van der Waals surface area contributed by atoms with Gasteiger partial charge in [0.1, 0.15) is 0 Å².